The number of piperazine rings is 1. The first-order chi connectivity index (χ1) is 18.2. The Balaban J connectivity index is 1.23. The highest BCUT2D eigenvalue weighted by Crippen LogP contribution is 2.40. The summed E-state index contributed by atoms with van der Waals surface area (Å²) in [4.78, 5) is 31.2. The number of fused-ring (bicyclic) bond motifs is 3. The van der Waals surface area contributed by atoms with Gasteiger partial charge >= 0.3 is 6.03 Å². The molecule has 8 heteroatoms. The molecule has 37 heavy (non-hydrogen) atoms. The van der Waals surface area contributed by atoms with Gasteiger partial charge in [-0.3, -0.25) is 0 Å². The molecule has 6 rings (SSSR count). The minimum absolute atomic E-state index is 0.0398. The maximum absolute atomic E-state index is 13.0. The molecule has 1 N–H and O–H groups in total. The third-order valence-electron chi connectivity index (χ3n) is 7.25. The molecule has 2 aliphatic rings. The Morgan fingerprint density at radius 1 is 0.973 bits per heavy atom. The van der Waals surface area contributed by atoms with Crippen molar-refractivity contribution in [3.63, 3.8) is 0 Å². The highest BCUT2D eigenvalue weighted by Gasteiger charge is 2.27. The lowest BCUT2D eigenvalue weighted by molar-refractivity contribution is 0.208. The summed E-state index contributed by atoms with van der Waals surface area (Å²) in [5, 5.41) is 4.31. The lowest BCUT2D eigenvalue weighted by Crippen LogP contribution is -2.50. The number of hydrogen-bond acceptors (Lipinski definition) is 6. The Hall–Kier alpha value is -3.10. The molecule has 1 fully saturated rings. The van der Waals surface area contributed by atoms with Gasteiger partial charge in [0, 0.05) is 48.1 Å². The maximum Gasteiger partial charge on any atom is 0.321 e. The van der Waals surface area contributed by atoms with Crippen molar-refractivity contribution in [3.8, 4) is 0 Å². The number of thiophene rings is 1. The van der Waals surface area contributed by atoms with Crippen LogP contribution in [0.1, 0.15) is 34.7 Å². The van der Waals surface area contributed by atoms with E-state index in [1.54, 1.807) is 11.8 Å². The van der Waals surface area contributed by atoms with E-state index in [4.69, 9.17) is 9.97 Å². The lowest BCUT2D eigenvalue weighted by atomic mass is 9.96. The van der Waals surface area contributed by atoms with Gasteiger partial charge in [0.15, 0.2) is 0 Å². The van der Waals surface area contributed by atoms with Crippen molar-refractivity contribution in [1.29, 1.82) is 0 Å². The van der Waals surface area contributed by atoms with E-state index in [2.05, 4.69) is 40.7 Å². The first-order valence-corrected chi connectivity index (χ1v) is 15.0. The first-order valence-electron chi connectivity index (χ1n) is 13.0. The van der Waals surface area contributed by atoms with Crippen LogP contribution < -0.4 is 10.2 Å². The Morgan fingerprint density at radius 2 is 1.73 bits per heavy atom. The average molecular weight is 530 g/mol. The fourth-order valence-corrected chi connectivity index (χ4v) is 6.95. The fraction of sp³-hybridized carbons (Fsp3) is 0.345. The fourth-order valence-electron chi connectivity index (χ4n) is 5.27. The van der Waals surface area contributed by atoms with E-state index in [1.165, 1.54) is 39.1 Å². The molecule has 0 bridgehead atoms. The lowest BCUT2D eigenvalue weighted by Gasteiger charge is -2.36. The molecule has 190 valence electrons. The summed E-state index contributed by atoms with van der Waals surface area (Å²) in [7, 11) is 0. The van der Waals surface area contributed by atoms with Crippen LogP contribution in [-0.4, -0.2) is 53.3 Å². The minimum atomic E-state index is -0.0398. The highest BCUT2D eigenvalue weighted by atomic mass is 32.2. The quantitative estimate of drug-likeness (QED) is 0.310. The van der Waals surface area contributed by atoms with Crippen LogP contribution in [0.2, 0.25) is 0 Å². The number of benzene rings is 2. The van der Waals surface area contributed by atoms with Crippen LogP contribution in [0.25, 0.3) is 10.2 Å². The molecular weight excluding hydrogens is 498 g/mol. The third kappa shape index (κ3) is 5.18. The molecule has 0 atom stereocenters. The maximum atomic E-state index is 13.0. The zero-order chi connectivity index (χ0) is 25.2. The summed E-state index contributed by atoms with van der Waals surface area (Å²) in [6.07, 6.45) is 7.53. The second kappa shape index (κ2) is 10.7. The second-order valence-corrected chi connectivity index (χ2v) is 11.6. The zero-order valence-electron chi connectivity index (χ0n) is 21.1. The molecule has 2 aromatic heterocycles. The number of urea groups is 1. The molecule has 1 aliphatic carbocycles. The smallest absolute Gasteiger partial charge is 0.321 e. The number of nitrogens with zero attached hydrogens (tertiary/aromatic N) is 4. The van der Waals surface area contributed by atoms with Crippen LogP contribution in [0.5, 0.6) is 0 Å². The van der Waals surface area contributed by atoms with Crippen LogP contribution >= 0.6 is 23.1 Å². The molecular formula is C29H31N5OS2. The number of thioether (sulfide) groups is 1. The number of rotatable bonds is 5. The van der Waals surface area contributed by atoms with Crippen molar-refractivity contribution in [2.45, 2.75) is 37.0 Å². The molecule has 0 spiro atoms. The zero-order valence-corrected chi connectivity index (χ0v) is 22.7. The summed E-state index contributed by atoms with van der Waals surface area (Å²) in [5.74, 6) is 1.93. The van der Waals surface area contributed by atoms with Gasteiger partial charge in [0.1, 0.15) is 16.5 Å². The first kappa shape index (κ1) is 24.2. The average Bonchev–Trinajstić information content (AvgIpc) is 3.32. The number of hydrogen-bond donors (Lipinski definition) is 1. The van der Waals surface area contributed by atoms with Gasteiger partial charge in [-0.25, -0.2) is 14.8 Å². The standard InChI is InChI=1S/C29H31N5OS2/c1-36-22-13-11-21(12-14-22)30-29(35)34-17-15-33(16-18-34)27-26-23-9-5-6-10-24(23)37-28(26)32-25(31-27)19-20-7-3-2-4-8-20/h2-4,7-8,11-14H,5-6,9-10,15-19H2,1H3,(H,30,35). The molecule has 0 unspecified atom stereocenters. The van der Waals surface area contributed by atoms with E-state index in [9.17, 15) is 4.79 Å². The number of carbonyl (C=O) groups is 1. The van der Waals surface area contributed by atoms with Crippen LogP contribution in [0.15, 0.2) is 59.5 Å². The van der Waals surface area contributed by atoms with Crippen molar-refractivity contribution >= 4 is 50.9 Å². The molecule has 0 radical (unpaired) electrons. The van der Waals surface area contributed by atoms with E-state index < -0.39 is 0 Å². The topological polar surface area (TPSA) is 61.4 Å². The molecule has 1 aliphatic heterocycles. The number of anilines is 2. The van der Waals surface area contributed by atoms with Crippen molar-refractivity contribution in [1.82, 2.24) is 14.9 Å². The van der Waals surface area contributed by atoms with Crippen LogP contribution in [0, 0.1) is 0 Å². The van der Waals surface area contributed by atoms with Gasteiger partial charge in [0.25, 0.3) is 0 Å². The van der Waals surface area contributed by atoms with Crippen molar-refractivity contribution in [2.75, 3.05) is 42.7 Å². The van der Waals surface area contributed by atoms with Crippen molar-refractivity contribution in [3.05, 3.63) is 76.4 Å². The van der Waals surface area contributed by atoms with Crippen LogP contribution in [-0.2, 0) is 19.3 Å². The molecule has 4 aromatic rings. The molecule has 2 aromatic carbocycles. The van der Waals surface area contributed by atoms with Crippen LogP contribution in [0.3, 0.4) is 0 Å². The van der Waals surface area contributed by atoms with Gasteiger partial charge < -0.3 is 15.1 Å². The number of nitrogens with one attached hydrogen (secondary N) is 1. The van der Waals surface area contributed by atoms with E-state index in [1.807, 2.05) is 46.6 Å². The Bertz CT molecular complexity index is 1400. The van der Waals surface area contributed by atoms with E-state index >= 15 is 0 Å². The number of aryl methyl sites for hydroxylation is 2. The molecule has 0 saturated carbocycles. The second-order valence-electron chi connectivity index (χ2n) is 9.65. The Kier molecular flexibility index (Phi) is 7.02. The van der Waals surface area contributed by atoms with E-state index in [0.717, 1.165) is 54.5 Å². The summed E-state index contributed by atoms with van der Waals surface area (Å²) in [6, 6.07) is 18.4. The number of carbonyl (C=O) groups excluding carboxylic acids is 1. The van der Waals surface area contributed by atoms with Gasteiger partial charge in [-0.05, 0) is 67.3 Å². The number of aromatic nitrogens is 2. The molecule has 1 saturated heterocycles. The normalized spacial score (nSPS) is 15.6. The summed E-state index contributed by atoms with van der Waals surface area (Å²) in [5.41, 5.74) is 3.51. The van der Waals surface area contributed by atoms with E-state index in [0.29, 0.717) is 13.1 Å². The summed E-state index contributed by atoms with van der Waals surface area (Å²) in [6.45, 7) is 2.86. The third-order valence-corrected chi connectivity index (χ3v) is 9.18. The number of amides is 2. The highest BCUT2D eigenvalue weighted by molar-refractivity contribution is 7.98. The molecule has 6 nitrogen and oxygen atoms in total. The van der Waals surface area contributed by atoms with Gasteiger partial charge in [-0.1, -0.05) is 30.3 Å². The predicted molar refractivity (Wildman–Crippen MR) is 154 cm³/mol. The minimum Gasteiger partial charge on any atom is -0.352 e. The summed E-state index contributed by atoms with van der Waals surface area (Å²) < 4.78 is 0. The molecule has 3 heterocycles. The monoisotopic (exact) mass is 529 g/mol. The van der Waals surface area contributed by atoms with Gasteiger partial charge in [-0.15, -0.1) is 23.1 Å². The van der Waals surface area contributed by atoms with Crippen LogP contribution in [0.4, 0.5) is 16.3 Å². The predicted octanol–water partition coefficient (Wildman–Crippen LogP) is 6.24. The molecule has 2 amide bonds. The summed E-state index contributed by atoms with van der Waals surface area (Å²) >= 11 is 3.55. The van der Waals surface area contributed by atoms with E-state index in [-0.39, 0.29) is 6.03 Å². The van der Waals surface area contributed by atoms with Crippen molar-refractivity contribution in [2.24, 2.45) is 0 Å². The van der Waals surface area contributed by atoms with Gasteiger partial charge in [-0.2, -0.15) is 0 Å². The largest absolute Gasteiger partial charge is 0.352 e. The Morgan fingerprint density at radius 3 is 2.49 bits per heavy atom. The van der Waals surface area contributed by atoms with Gasteiger partial charge in [0.05, 0.1) is 5.39 Å². The van der Waals surface area contributed by atoms with Gasteiger partial charge in [0.2, 0.25) is 0 Å². The van der Waals surface area contributed by atoms with Crippen molar-refractivity contribution < 1.29 is 4.79 Å². The Labute approximate surface area is 226 Å². The SMILES string of the molecule is CSc1ccc(NC(=O)N2CCN(c3nc(Cc4ccccc4)nc4sc5c(c34)CCCC5)CC2)cc1.